The van der Waals surface area contributed by atoms with Gasteiger partial charge in [-0.05, 0) is 31.7 Å². The van der Waals surface area contributed by atoms with Gasteiger partial charge in [-0.15, -0.1) is 11.3 Å². The van der Waals surface area contributed by atoms with Crippen LogP contribution < -0.4 is 4.74 Å². The highest BCUT2D eigenvalue weighted by Gasteiger charge is 2.25. The third-order valence-corrected chi connectivity index (χ3v) is 5.90. The third kappa shape index (κ3) is 3.81. The predicted molar refractivity (Wildman–Crippen MR) is 102 cm³/mol. The van der Waals surface area contributed by atoms with Gasteiger partial charge < -0.3 is 14.5 Å². The van der Waals surface area contributed by atoms with E-state index in [9.17, 15) is 4.79 Å². The number of thiazole rings is 1. The van der Waals surface area contributed by atoms with Crippen LogP contribution in [0.2, 0.25) is 5.02 Å². The lowest BCUT2D eigenvalue weighted by Crippen LogP contribution is -2.48. The highest BCUT2D eigenvalue weighted by molar-refractivity contribution is 7.17. The molecule has 1 aromatic heterocycles. The first-order chi connectivity index (χ1) is 12.0. The number of piperazine rings is 1. The molecule has 0 atom stereocenters. The molecule has 0 aliphatic carbocycles. The monoisotopic (exact) mass is 379 g/mol. The second kappa shape index (κ2) is 7.72. The van der Waals surface area contributed by atoms with Crippen LogP contribution in [-0.4, -0.2) is 60.5 Å². The molecule has 2 aromatic rings. The average Bonchev–Trinajstić information content (AvgIpc) is 3.02. The largest absolute Gasteiger partial charge is 0.496 e. The number of amides is 1. The Morgan fingerprint density at radius 3 is 2.68 bits per heavy atom. The highest BCUT2D eigenvalue weighted by Crippen LogP contribution is 2.36. The van der Waals surface area contributed by atoms with E-state index in [1.54, 1.807) is 13.2 Å². The topological polar surface area (TPSA) is 45.7 Å². The second-order valence-corrected chi connectivity index (χ2v) is 7.44. The summed E-state index contributed by atoms with van der Waals surface area (Å²) in [5.74, 6) is 0.770. The zero-order valence-corrected chi connectivity index (χ0v) is 16.3. The Bertz CT molecular complexity index is 770. The van der Waals surface area contributed by atoms with Crippen molar-refractivity contribution in [3.63, 3.8) is 0 Å². The number of hydrogen-bond donors (Lipinski definition) is 0. The third-order valence-electron chi connectivity index (χ3n) is 4.49. The molecule has 2 heterocycles. The SMILES string of the molecule is CCN1CCN(C(=O)c2sc(-c3cc(Cl)ccc3OC)nc2C)CC1. The normalized spacial score (nSPS) is 15.4. The fraction of sp³-hybridized carbons (Fsp3) is 0.444. The number of hydrogen-bond acceptors (Lipinski definition) is 5. The van der Waals surface area contributed by atoms with Gasteiger partial charge >= 0.3 is 0 Å². The Kier molecular flexibility index (Phi) is 5.61. The van der Waals surface area contributed by atoms with E-state index in [2.05, 4.69) is 16.8 Å². The van der Waals surface area contributed by atoms with Crippen molar-refractivity contribution in [2.45, 2.75) is 13.8 Å². The van der Waals surface area contributed by atoms with Crippen LogP contribution in [-0.2, 0) is 0 Å². The maximum absolute atomic E-state index is 12.9. The molecule has 1 fully saturated rings. The number of aryl methyl sites for hydroxylation is 1. The molecule has 0 saturated carbocycles. The summed E-state index contributed by atoms with van der Waals surface area (Å²) in [7, 11) is 1.62. The van der Waals surface area contributed by atoms with Crippen LogP contribution in [0.1, 0.15) is 22.3 Å². The van der Waals surface area contributed by atoms with E-state index in [1.165, 1.54) is 11.3 Å². The Hall–Kier alpha value is -1.63. The average molecular weight is 380 g/mol. The molecule has 1 saturated heterocycles. The minimum Gasteiger partial charge on any atom is -0.496 e. The Morgan fingerprint density at radius 1 is 1.32 bits per heavy atom. The summed E-state index contributed by atoms with van der Waals surface area (Å²) < 4.78 is 5.41. The Balaban J connectivity index is 1.86. The molecule has 134 valence electrons. The number of methoxy groups -OCH3 is 1. The Labute approximate surface area is 157 Å². The van der Waals surface area contributed by atoms with Crippen LogP contribution in [0.4, 0.5) is 0 Å². The molecule has 7 heteroatoms. The van der Waals surface area contributed by atoms with Gasteiger partial charge in [0.05, 0.1) is 18.4 Å². The van der Waals surface area contributed by atoms with Crippen LogP contribution in [0.15, 0.2) is 18.2 Å². The van der Waals surface area contributed by atoms with E-state index in [0.29, 0.717) is 15.6 Å². The highest BCUT2D eigenvalue weighted by atomic mass is 35.5. The number of nitrogens with zero attached hydrogens (tertiary/aromatic N) is 3. The van der Waals surface area contributed by atoms with Gasteiger partial charge in [0.25, 0.3) is 5.91 Å². The summed E-state index contributed by atoms with van der Waals surface area (Å²) in [5, 5.41) is 1.37. The van der Waals surface area contributed by atoms with Gasteiger partial charge in [-0.2, -0.15) is 0 Å². The Morgan fingerprint density at radius 2 is 2.04 bits per heavy atom. The molecule has 1 amide bonds. The quantitative estimate of drug-likeness (QED) is 0.814. The van der Waals surface area contributed by atoms with Gasteiger partial charge in [-0.1, -0.05) is 18.5 Å². The lowest BCUT2D eigenvalue weighted by atomic mass is 10.2. The minimum atomic E-state index is 0.0676. The van der Waals surface area contributed by atoms with Gasteiger partial charge in [-0.25, -0.2) is 4.98 Å². The summed E-state index contributed by atoms with van der Waals surface area (Å²) in [6.45, 7) is 8.44. The van der Waals surface area contributed by atoms with E-state index in [4.69, 9.17) is 16.3 Å². The van der Waals surface area contributed by atoms with Gasteiger partial charge in [0.15, 0.2) is 0 Å². The molecule has 0 N–H and O–H groups in total. The number of rotatable bonds is 4. The molecule has 0 radical (unpaired) electrons. The molecule has 3 rings (SSSR count). The summed E-state index contributed by atoms with van der Waals surface area (Å²) >= 11 is 7.53. The number of halogens is 1. The van der Waals surface area contributed by atoms with Crippen molar-refractivity contribution in [2.75, 3.05) is 39.8 Å². The predicted octanol–water partition coefficient (Wildman–Crippen LogP) is 3.56. The molecule has 1 aromatic carbocycles. The van der Waals surface area contributed by atoms with E-state index in [0.717, 1.165) is 49.0 Å². The number of carbonyl (C=O) groups excluding carboxylic acids is 1. The maximum atomic E-state index is 12.9. The van der Waals surface area contributed by atoms with Crippen LogP contribution in [0, 0.1) is 6.92 Å². The zero-order chi connectivity index (χ0) is 18.0. The van der Waals surface area contributed by atoms with E-state index >= 15 is 0 Å². The number of carbonyl (C=O) groups is 1. The van der Waals surface area contributed by atoms with Crippen molar-refractivity contribution in [2.24, 2.45) is 0 Å². The van der Waals surface area contributed by atoms with Gasteiger partial charge in [0.1, 0.15) is 15.6 Å². The first-order valence-electron chi connectivity index (χ1n) is 8.36. The van der Waals surface area contributed by atoms with Crippen LogP contribution in [0.3, 0.4) is 0 Å². The lowest BCUT2D eigenvalue weighted by Gasteiger charge is -2.33. The summed E-state index contributed by atoms with van der Waals surface area (Å²) in [6, 6.07) is 5.43. The number of likely N-dealkylation sites (N-methyl/N-ethyl adjacent to an activating group) is 1. The smallest absolute Gasteiger partial charge is 0.265 e. The van der Waals surface area contributed by atoms with Gasteiger partial charge in [0, 0.05) is 31.2 Å². The minimum absolute atomic E-state index is 0.0676. The summed E-state index contributed by atoms with van der Waals surface area (Å²) in [4.78, 5) is 22.5. The molecule has 25 heavy (non-hydrogen) atoms. The number of aromatic nitrogens is 1. The molecule has 1 aliphatic heterocycles. The van der Waals surface area contributed by atoms with E-state index < -0.39 is 0 Å². The van der Waals surface area contributed by atoms with Crippen molar-refractivity contribution >= 4 is 28.8 Å². The molecule has 0 unspecified atom stereocenters. The van der Waals surface area contributed by atoms with Crippen molar-refractivity contribution in [1.82, 2.24) is 14.8 Å². The fourth-order valence-electron chi connectivity index (χ4n) is 2.97. The number of benzene rings is 1. The molecular formula is C18H22ClN3O2S. The summed E-state index contributed by atoms with van der Waals surface area (Å²) in [5.41, 5.74) is 1.57. The zero-order valence-electron chi connectivity index (χ0n) is 14.7. The summed E-state index contributed by atoms with van der Waals surface area (Å²) in [6.07, 6.45) is 0. The molecule has 5 nitrogen and oxygen atoms in total. The van der Waals surface area contributed by atoms with Crippen molar-refractivity contribution in [1.29, 1.82) is 0 Å². The van der Waals surface area contributed by atoms with Crippen LogP contribution in [0.5, 0.6) is 5.75 Å². The van der Waals surface area contributed by atoms with Crippen LogP contribution in [0.25, 0.3) is 10.6 Å². The van der Waals surface area contributed by atoms with Crippen molar-refractivity contribution in [3.8, 4) is 16.3 Å². The molecular weight excluding hydrogens is 358 g/mol. The first kappa shape index (κ1) is 18.2. The lowest BCUT2D eigenvalue weighted by molar-refractivity contribution is 0.0647. The van der Waals surface area contributed by atoms with Crippen LogP contribution >= 0.6 is 22.9 Å². The van der Waals surface area contributed by atoms with Gasteiger partial charge in [0.2, 0.25) is 0 Å². The standard InChI is InChI=1S/C18H22ClN3O2S/c1-4-21-7-9-22(10-8-21)18(23)16-12(2)20-17(25-16)14-11-13(19)5-6-15(14)24-3/h5-6,11H,4,7-10H2,1-3H3. The van der Waals surface area contributed by atoms with Gasteiger partial charge in [-0.3, -0.25) is 4.79 Å². The maximum Gasteiger partial charge on any atom is 0.265 e. The number of ether oxygens (including phenoxy) is 1. The molecule has 0 bridgehead atoms. The van der Waals surface area contributed by atoms with Crippen molar-refractivity contribution in [3.05, 3.63) is 33.8 Å². The van der Waals surface area contributed by atoms with Crippen molar-refractivity contribution < 1.29 is 9.53 Å². The van der Waals surface area contributed by atoms with E-state index in [1.807, 2.05) is 24.0 Å². The molecule has 0 spiro atoms. The molecule has 1 aliphatic rings. The van der Waals surface area contributed by atoms with E-state index in [-0.39, 0.29) is 5.91 Å². The second-order valence-electron chi connectivity index (χ2n) is 6.00. The first-order valence-corrected chi connectivity index (χ1v) is 9.56. The fourth-order valence-corrected chi connectivity index (χ4v) is 4.20.